The topological polar surface area (TPSA) is 34.4 Å². The lowest BCUT2D eigenvalue weighted by molar-refractivity contribution is 0.843. The average molecular weight is 350 g/mol. The first kappa shape index (κ1) is 16.7. The van der Waals surface area contributed by atoms with Gasteiger partial charge in [0.15, 0.2) is 0 Å². The molecule has 0 radical (unpaired) electrons. The normalized spacial score (nSPS) is 11.0. The Labute approximate surface area is 157 Å². The number of nitrogens with zero attached hydrogens (tertiary/aromatic N) is 2. The molecule has 130 valence electrons. The molecule has 0 atom stereocenters. The van der Waals surface area contributed by atoms with Crippen molar-refractivity contribution in [1.82, 2.24) is 4.68 Å². The molecule has 1 heterocycles. The Kier molecular flexibility index (Phi) is 4.75. The van der Waals surface area contributed by atoms with Crippen LogP contribution in [0.1, 0.15) is 5.56 Å². The fraction of sp³-hybridized carbons (Fsp3) is 0. The van der Waals surface area contributed by atoms with E-state index >= 15 is 0 Å². The maximum Gasteiger partial charge on any atom is 0.272 e. The fourth-order valence-corrected chi connectivity index (χ4v) is 2.96. The predicted molar refractivity (Wildman–Crippen MR) is 111 cm³/mol. The van der Waals surface area contributed by atoms with Gasteiger partial charge in [0.1, 0.15) is 0 Å². The predicted octanol–water partition coefficient (Wildman–Crippen LogP) is 5.06. The van der Waals surface area contributed by atoms with E-state index in [0.717, 1.165) is 27.9 Å². The number of hydrogen-bond donors (Lipinski definition) is 0. The first-order valence-electron chi connectivity index (χ1n) is 8.78. The third kappa shape index (κ3) is 3.77. The average Bonchev–Trinajstić information content (AvgIpc) is 2.74. The molecule has 4 rings (SSSR count). The summed E-state index contributed by atoms with van der Waals surface area (Å²) in [5.41, 5.74) is 4.36. The molecular formula is C24H18N2O. The van der Waals surface area contributed by atoms with Gasteiger partial charge in [-0.15, -0.1) is 0 Å². The smallest absolute Gasteiger partial charge is 0.267 e. The van der Waals surface area contributed by atoms with Crippen LogP contribution in [0.3, 0.4) is 0 Å². The van der Waals surface area contributed by atoms with Crippen LogP contribution in [-0.2, 0) is 0 Å². The molecule has 0 unspecified atom stereocenters. The highest BCUT2D eigenvalue weighted by atomic mass is 16.1. The Bertz CT molecular complexity index is 1120. The van der Waals surface area contributed by atoms with Crippen LogP contribution >= 0.6 is 0 Å². The first-order chi connectivity index (χ1) is 13.3. The Morgan fingerprint density at radius 1 is 0.630 bits per heavy atom. The van der Waals surface area contributed by atoms with E-state index in [1.807, 2.05) is 97.1 Å². The van der Waals surface area contributed by atoms with Gasteiger partial charge in [0.05, 0.1) is 11.9 Å². The summed E-state index contributed by atoms with van der Waals surface area (Å²) in [4.78, 5) is 12.9. The number of aromatic nitrogens is 1. The summed E-state index contributed by atoms with van der Waals surface area (Å²) < 4.78 is 1.45. The Morgan fingerprint density at radius 3 is 1.81 bits per heavy atom. The van der Waals surface area contributed by atoms with Crippen molar-refractivity contribution in [2.45, 2.75) is 0 Å². The van der Waals surface area contributed by atoms with Crippen molar-refractivity contribution in [2.24, 2.45) is 5.10 Å². The van der Waals surface area contributed by atoms with Crippen LogP contribution in [0.2, 0.25) is 0 Å². The van der Waals surface area contributed by atoms with E-state index in [0.29, 0.717) is 0 Å². The maximum absolute atomic E-state index is 12.9. The van der Waals surface area contributed by atoms with E-state index in [9.17, 15) is 4.79 Å². The van der Waals surface area contributed by atoms with Gasteiger partial charge in [0.25, 0.3) is 5.56 Å². The van der Waals surface area contributed by atoms with Crippen LogP contribution in [0, 0.1) is 0 Å². The molecule has 27 heavy (non-hydrogen) atoms. The van der Waals surface area contributed by atoms with E-state index < -0.39 is 0 Å². The van der Waals surface area contributed by atoms with Crippen molar-refractivity contribution in [2.75, 3.05) is 0 Å². The molecule has 0 saturated heterocycles. The zero-order valence-electron chi connectivity index (χ0n) is 14.7. The Hall–Kier alpha value is -3.72. The molecule has 4 aromatic rings. The number of benzene rings is 3. The largest absolute Gasteiger partial charge is 0.272 e. The van der Waals surface area contributed by atoms with Crippen molar-refractivity contribution >= 4 is 6.21 Å². The Balaban J connectivity index is 1.87. The molecule has 3 nitrogen and oxygen atoms in total. The van der Waals surface area contributed by atoms with E-state index in [4.69, 9.17) is 0 Å². The van der Waals surface area contributed by atoms with Crippen molar-refractivity contribution in [3.05, 3.63) is 119 Å². The molecule has 3 heteroatoms. The molecular weight excluding hydrogens is 332 g/mol. The minimum absolute atomic E-state index is 0.164. The second kappa shape index (κ2) is 7.67. The molecule has 0 aliphatic rings. The fourth-order valence-electron chi connectivity index (χ4n) is 2.96. The van der Waals surface area contributed by atoms with E-state index in [2.05, 4.69) is 5.10 Å². The zero-order valence-corrected chi connectivity index (χ0v) is 14.7. The van der Waals surface area contributed by atoms with Gasteiger partial charge in [0, 0.05) is 11.6 Å². The third-order valence-corrected chi connectivity index (χ3v) is 4.31. The lowest BCUT2D eigenvalue weighted by Crippen LogP contribution is -2.17. The molecule has 0 aliphatic carbocycles. The van der Waals surface area contributed by atoms with Gasteiger partial charge in [0.2, 0.25) is 0 Å². The number of pyridine rings is 1. The standard InChI is InChI=1S/C24H18N2O/c27-24-17-22(20-12-6-2-7-13-20)16-23(21-14-8-3-9-15-21)26(24)25-18-19-10-4-1-5-11-19/h1-18H/b25-18-. The van der Waals surface area contributed by atoms with E-state index in [-0.39, 0.29) is 5.56 Å². The summed E-state index contributed by atoms with van der Waals surface area (Å²) in [6.45, 7) is 0. The maximum atomic E-state index is 12.9. The molecule has 0 saturated carbocycles. The van der Waals surface area contributed by atoms with Gasteiger partial charge in [-0.3, -0.25) is 4.79 Å². The van der Waals surface area contributed by atoms with Crippen LogP contribution in [0.25, 0.3) is 22.4 Å². The van der Waals surface area contributed by atoms with Crippen LogP contribution < -0.4 is 5.56 Å². The van der Waals surface area contributed by atoms with Crippen LogP contribution in [0.4, 0.5) is 0 Å². The van der Waals surface area contributed by atoms with Crippen molar-refractivity contribution in [1.29, 1.82) is 0 Å². The number of rotatable bonds is 4. The quantitative estimate of drug-likeness (QED) is 0.474. The summed E-state index contributed by atoms with van der Waals surface area (Å²) in [5, 5.41) is 4.47. The SMILES string of the molecule is O=c1cc(-c2ccccc2)cc(-c2ccccc2)n1/N=C\c1ccccc1. The van der Waals surface area contributed by atoms with Crippen LogP contribution in [0.5, 0.6) is 0 Å². The summed E-state index contributed by atoms with van der Waals surface area (Å²) >= 11 is 0. The van der Waals surface area contributed by atoms with Crippen LogP contribution in [0.15, 0.2) is 113 Å². The van der Waals surface area contributed by atoms with Gasteiger partial charge in [-0.25, -0.2) is 0 Å². The van der Waals surface area contributed by atoms with Gasteiger partial charge in [-0.2, -0.15) is 9.78 Å². The molecule has 0 aliphatic heterocycles. The number of hydrogen-bond acceptors (Lipinski definition) is 2. The highest BCUT2D eigenvalue weighted by Crippen LogP contribution is 2.24. The lowest BCUT2D eigenvalue weighted by atomic mass is 10.0. The highest BCUT2D eigenvalue weighted by Gasteiger charge is 2.09. The second-order valence-electron chi connectivity index (χ2n) is 6.17. The first-order valence-corrected chi connectivity index (χ1v) is 8.78. The summed E-state index contributed by atoms with van der Waals surface area (Å²) in [6, 6.07) is 33.1. The van der Waals surface area contributed by atoms with Gasteiger partial charge in [-0.05, 0) is 22.8 Å². The van der Waals surface area contributed by atoms with E-state index in [1.165, 1.54) is 4.68 Å². The summed E-state index contributed by atoms with van der Waals surface area (Å²) in [7, 11) is 0. The van der Waals surface area contributed by atoms with Crippen molar-refractivity contribution in [3.63, 3.8) is 0 Å². The molecule has 0 spiro atoms. The summed E-state index contributed by atoms with van der Waals surface area (Å²) in [6.07, 6.45) is 1.70. The minimum atomic E-state index is -0.164. The molecule has 0 fully saturated rings. The van der Waals surface area contributed by atoms with Gasteiger partial charge < -0.3 is 0 Å². The molecule has 1 aromatic heterocycles. The third-order valence-electron chi connectivity index (χ3n) is 4.31. The summed E-state index contributed by atoms with van der Waals surface area (Å²) in [5.74, 6) is 0. The minimum Gasteiger partial charge on any atom is -0.267 e. The highest BCUT2D eigenvalue weighted by molar-refractivity contribution is 5.80. The van der Waals surface area contributed by atoms with Crippen LogP contribution in [-0.4, -0.2) is 10.9 Å². The monoisotopic (exact) mass is 350 g/mol. The van der Waals surface area contributed by atoms with E-state index in [1.54, 1.807) is 12.3 Å². The molecule has 0 amide bonds. The van der Waals surface area contributed by atoms with Crippen molar-refractivity contribution < 1.29 is 0 Å². The zero-order chi connectivity index (χ0) is 18.5. The molecule has 0 bridgehead atoms. The van der Waals surface area contributed by atoms with Gasteiger partial charge >= 0.3 is 0 Å². The molecule has 3 aromatic carbocycles. The molecule has 0 N–H and O–H groups in total. The van der Waals surface area contributed by atoms with Crippen molar-refractivity contribution in [3.8, 4) is 22.4 Å². The second-order valence-corrected chi connectivity index (χ2v) is 6.17. The lowest BCUT2D eigenvalue weighted by Gasteiger charge is -2.11. The van der Waals surface area contributed by atoms with Gasteiger partial charge in [-0.1, -0.05) is 91.0 Å². The Morgan fingerprint density at radius 2 is 1.19 bits per heavy atom.